The topological polar surface area (TPSA) is 0 Å². The molecule has 0 aliphatic heterocycles. The molecule has 0 saturated carbocycles. The molecule has 0 heterocycles. The van der Waals surface area contributed by atoms with Gasteiger partial charge in [-0.3, -0.25) is 0 Å². The van der Waals surface area contributed by atoms with Gasteiger partial charge in [0, 0.05) is 0 Å². The fraction of sp³-hybridized carbons (Fsp3) is 1.00. The quantitative estimate of drug-likeness (QED) is 0.489. The molecule has 0 saturated heterocycles. The van der Waals surface area contributed by atoms with E-state index >= 15 is 0 Å². The first kappa shape index (κ1) is 17.6. The number of rotatable bonds is 3. The molecule has 0 amide bonds. The molecule has 0 aromatic carbocycles. The van der Waals surface area contributed by atoms with E-state index < -0.39 is 26.9 Å². The maximum Gasteiger partial charge on any atom is 0.458 e. The van der Waals surface area contributed by atoms with Gasteiger partial charge in [-0.25, -0.2) is 4.39 Å². The Morgan fingerprint density at radius 2 is 0.882 bits per heavy atom. The lowest BCUT2D eigenvalue weighted by molar-refractivity contribution is -0.317. The first-order valence-corrected chi connectivity index (χ1v) is 4.78. The van der Waals surface area contributed by atoms with Crippen LogP contribution in [-0.2, 0) is 0 Å². The second-order valence-electron chi connectivity index (χ2n) is 2.72. The summed E-state index contributed by atoms with van der Waals surface area (Å²) in [4.78, 5) is 0. The minimum Gasteiger partial charge on any atom is -0.215 e. The summed E-state index contributed by atoms with van der Waals surface area (Å²) in [5, 5.41) is -10.8. The smallest absolute Gasteiger partial charge is 0.215 e. The van der Waals surface area contributed by atoms with Gasteiger partial charge in [0.25, 0.3) is 5.13 Å². The van der Waals surface area contributed by atoms with E-state index in [9.17, 15) is 35.1 Å². The van der Waals surface area contributed by atoms with Crippen molar-refractivity contribution >= 4 is 46.4 Å². The second-order valence-corrected chi connectivity index (χ2v) is 5.04. The first-order chi connectivity index (χ1) is 7.00. The molecule has 0 bridgehead atoms. The molecule has 0 spiro atoms. The maximum atomic E-state index is 13.1. The molecule has 104 valence electrons. The fourth-order valence-electron chi connectivity index (χ4n) is 0.553. The van der Waals surface area contributed by atoms with Gasteiger partial charge in [-0.05, 0) is 11.6 Å². The first-order valence-electron chi connectivity index (χ1n) is 3.27. The summed E-state index contributed by atoms with van der Waals surface area (Å²) in [6.45, 7) is 0. The van der Waals surface area contributed by atoms with Gasteiger partial charge in [0.15, 0.2) is 0 Å². The van der Waals surface area contributed by atoms with E-state index in [-0.39, 0.29) is 0 Å². The molecule has 1 atom stereocenters. The zero-order chi connectivity index (χ0) is 14.5. The Labute approximate surface area is 109 Å². The number of hydrogen-bond acceptors (Lipinski definition) is 0. The highest BCUT2D eigenvalue weighted by Gasteiger charge is 2.82. The van der Waals surface area contributed by atoms with E-state index in [1.165, 1.54) is 0 Å². The lowest BCUT2D eigenvalue weighted by atomic mass is 10.1. The average Bonchev–Trinajstić information content (AvgIpc) is 1.98. The third kappa shape index (κ3) is 2.64. The van der Waals surface area contributed by atoms with E-state index in [4.69, 9.17) is 0 Å². The molecule has 0 nitrogen and oxygen atoms in total. The van der Waals surface area contributed by atoms with Crippen molar-refractivity contribution in [3.8, 4) is 0 Å². The van der Waals surface area contributed by atoms with Crippen LogP contribution in [-0.4, -0.2) is 26.9 Å². The van der Waals surface area contributed by atoms with Gasteiger partial charge in [0.1, 0.15) is 0 Å². The standard InChI is InChI=1S/C5Cl4F8/c6-1(7,4(9,13)14)2(8,10)3(11,12)5(15,16)17. The molecule has 0 aliphatic rings. The zero-order valence-corrected chi connectivity index (χ0v) is 10.1. The fourth-order valence-corrected chi connectivity index (χ4v) is 1.19. The lowest BCUT2D eigenvalue weighted by Gasteiger charge is -2.38. The molecular weight excluding hydrogens is 354 g/mol. The maximum absolute atomic E-state index is 13.1. The van der Waals surface area contributed by atoms with E-state index in [0.29, 0.717) is 0 Å². The van der Waals surface area contributed by atoms with Crippen molar-refractivity contribution in [3.63, 3.8) is 0 Å². The number of halogens is 12. The molecule has 0 rings (SSSR count). The molecule has 1 unspecified atom stereocenters. The van der Waals surface area contributed by atoms with Gasteiger partial charge in [0.05, 0.1) is 0 Å². The second kappa shape index (κ2) is 4.31. The Morgan fingerprint density at radius 3 is 1.06 bits per heavy atom. The van der Waals surface area contributed by atoms with Gasteiger partial charge >= 0.3 is 17.5 Å². The largest absolute Gasteiger partial charge is 0.458 e. The van der Waals surface area contributed by atoms with Crippen LogP contribution in [0.2, 0.25) is 0 Å². The average molecular weight is 354 g/mol. The minimum absolute atomic E-state index is 4.04. The number of alkyl halides is 12. The van der Waals surface area contributed by atoms with Gasteiger partial charge in [-0.15, -0.1) is 0 Å². The van der Waals surface area contributed by atoms with Crippen LogP contribution in [0.3, 0.4) is 0 Å². The van der Waals surface area contributed by atoms with Crippen molar-refractivity contribution in [2.45, 2.75) is 26.9 Å². The molecule has 0 radical (unpaired) electrons. The Hall–Kier alpha value is 0.600. The molecular formula is C5Cl4F8. The van der Waals surface area contributed by atoms with Crippen molar-refractivity contribution in [3.05, 3.63) is 0 Å². The van der Waals surface area contributed by atoms with Crippen LogP contribution >= 0.6 is 46.4 Å². The van der Waals surface area contributed by atoms with Crippen molar-refractivity contribution in [1.29, 1.82) is 0 Å². The van der Waals surface area contributed by atoms with Crippen LogP contribution < -0.4 is 0 Å². The van der Waals surface area contributed by atoms with Crippen molar-refractivity contribution in [2.24, 2.45) is 0 Å². The summed E-state index contributed by atoms with van der Waals surface area (Å²) in [5.41, 5.74) is 0. The Bertz CT molecular complexity index is 261. The van der Waals surface area contributed by atoms with Gasteiger partial charge in [0.2, 0.25) is 4.33 Å². The Kier molecular flexibility index (Phi) is 4.47. The predicted molar refractivity (Wildman–Crippen MR) is 45.9 cm³/mol. The SMILES string of the molecule is FC(F)(F)C(F)(F)C(F)(Cl)C(Cl)(Cl)C(F)(F)Cl. The highest BCUT2D eigenvalue weighted by molar-refractivity contribution is 6.57. The van der Waals surface area contributed by atoms with Crippen LogP contribution in [0, 0.1) is 0 Å². The summed E-state index contributed by atoms with van der Waals surface area (Å²) >= 11 is 16.9. The van der Waals surface area contributed by atoms with Crippen LogP contribution in [0.15, 0.2) is 0 Å². The lowest BCUT2D eigenvalue weighted by Crippen LogP contribution is -2.63. The molecule has 12 heteroatoms. The van der Waals surface area contributed by atoms with Crippen molar-refractivity contribution < 1.29 is 35.1 Å². The van der Waals surface area contributed by atoms with E-state index in [0.717, 1.165) is 0 Å². The monoisotopic (exact) mass is 352 g/mol. The Morgan fingerprint density at radius 1 is 0.588 bits per heavy atom. The van der Waals surface area contributed by atoms with Crippen LogP contribution in [0.25, 0.3) is 0 Å². The molecule has 0 aromatic rings. The minimum atomic E-state index is -6.60. The van der Waals surface area contributed by atoms with E-state index in [1.807, 2.05) is 0 Å². The molecule has 0 N–H and O–H groups in total. The molecule has 0 fully saturated rings. The number of hydrogen-bond donors (Lipinski definition) is 0. The third-order valence-electron chi connectivity index (χ3n) is 1.50. The summed E-state index contributed by atoms with van der Waals surface area (Å²) in [6.07, 6.45) is -6.60. The summed E-state index contributed by atoms with van der Waals surface area (Å²) < 4.78 is 93.6. The van der Waals surface area contributed by atoms with Crippen molar-refractivity contribution in [2.75, 3.05) is 0 Å². The predicted octanol–water partition coefficient (Wildman–Crippen LogP) is 5.09. The van der Waals surface area contributed by atoms with Crippen LogP contribution in [0.4, 0.5) is 35.1 Å². The summed E-state index contributed by atoms with van der Waals surface area (Å²) in [6, 6.07) is 0. The normalized spacial score (nSPS) is 19.1. The third-order valence-corrected chi connectivity index (χ3v) is 3.69. The Balaban J connectivity index is 5.73. The van der Waals surface area contributed by atoms with Crippen LogP contribution in [0.1, 0.15) is 0 Å². The van der Waals surface area contributed by atoms with Gasteiger partial charge < -0.3 is 0 Å². The van der Waals surface area contributed by atoms with E-state index in [2.05, 4.69) is 46.4 Å². The van der Waals surface area contributed by atoms with Crippen molar-refractivity contribution in [1.82, 2.24) is 0 Å². The molecule has 17 heavy (non-hydrogen) atoms. The van der Waals surface area contributed by atoms with Crippen LogP contribution in [0.5, 0.6) is 0 Å². The molecule has 0 aromatic heterocycles. The molecule has 0 aliphatic carbocycles. The zero-order valence-electron chi connectivity index (χ0n) is 7.04. The highest BCUT2D eigenvalue weighted by atomic mass is 35.5. The summed E-state index contributed by atoms with van der Waals surface area (Å²) in [5.74, 6) is -6.45. The highest BCUT2D eigenvalue weighted by Crippen LogP contribution is 2.61. The van der Waals surface area contributed by atoms with Gasteiger partial charge in [-0.2, -0.15) is 30.7 Å². The van der Waals surface area contributed by atoms with E-state index in [1.54, 1.807) is 0 Å². The van der Waals surface area contributed by atoms with Gasteiger partial charge in [-0.1, -0.05) is 34.8 Å². The summed E-state index contributed by atoms with van der Waals surface area (Å²) in [7, 11) is 0.